The number of methoxy groups -OCH3 is 2. The Morgan fingerprint density at radius 2 is 1.81 bits per heavy atom. The number of rotatable bonds is 3. The number of aliphatic hydroxyl groups is 1. The van der Waals surface area contributed by atoms with Gasteiger partial charge in [0.1, 0.15) is 11.5 Å². The summed E-state index contributed by atoms with van der Waals surface area (Å²) in [6.45, 7) is 0.315. The van der Waals surface area contributed by atoms with Crippen LogP contribution in [-0.2, 0) is 4.79 Å². The van der Waals surface area contributed by atoms with Crippen molar-refractivity contribution in [3.63, 3.8) is 0 Å². The average Bonchev–Trinajstić information content (AvgIpc) is 2.34. The molecule has 16 heavy (non-hydrogen) atoms. The van der Waals surface area contributed by atoms with E-state index in [4.69, 9.17) is 14.6 Å². The minimum Gasteiger partial charge on any atom is -0.497 e. The quantitative estimate of drug-likeness (QED) is 0.754. The summed E-state index contributed by atoms with van der Waals surface area (Å²) in [6, 6.07) is 5.18. The number of carbonyl (C=O) groups excluding carboxylic acids is 1. The summed E-state index contributed by atoms with van der Waals surface area (Å²) in [5.74, 6) is 0.933. The van der Waals surface area contributed by atoms with E-state index in [1.54, 1.807) is 32.4 Å². The van der Waals surface area contributed by atoms with Gasteiger partial charge in [0, 0.05) is 18.2 Å². The molecule has 0 bridgehead atoms. The molecule has 1 aromatic rings. The molecule has 1 N–H and O–H groups in total. The largest absolute Gasteiger partial charge is 0.497 e. The number of anilines is 1. The smallest absolute Gasteiger partial charge is 0.257 e. The summed E-state index contributed by atoms with van der Waals surface area (Å²) < 4.78 is 10.2. The highest BCUT2D eigenvalue weighted by molar-refractivity contribution is 6.03. The lowest BCUT2D eigenvalue weighted by molar-refractivity contribution is -0.132. The van der Waals surface area contributed by atoms with Crippen molar-refractivity contribution in [2.75, 3.05) is 25.7 Å². The van der Waals surface area contributed by atoms with Gasteiger partial charge in [0.05, 0.1) is 26.5 Å². The van der Waals surface area contributed by atoms with Crippen LogP contribution in [0.2, 0.25) is 0 Å². The third-order valence-electron chi connectivity index (χ3n) is 2.55. The highest BCUT2D eigenvalue weighted by atomic mass is 16.5. The maximum absolute atomic E-state index is 11.4. The lowest BCUT2D eigenvalue weighted by Crippen LogP contribution is -2.56. The van der Waals surface area contributed by atoms with Gasteiger partial charge in [-0.15, -0.1) is 0 Å². The molecule has 1 aliphatic rings. The molecule has 0 aliphatic carbocycles. The highest BCUT2D eigenvalue weighted by Gasteiger charge is 2.36. The van der Waals surface area contributed by atoms with Gasteiger partial charge in [-0.3, -0.25) is 4.79 Å². The molecule has 1 fully saturated rings. The minimum atomic E-state index is -0.878. The number of benzene rings is 1. The predicted molar refractivity (Wildman–Crippen MR) is 57.9 cm³/mol. The van der Waals surface area contributed by atoms with Crippen LogP contribution >= 0.6 is 0 Å². The van der Waals surface area contributed by atoms with Crippen LogP contribution < -0.4 is 14.4 Å². The van der Waals surface area contributed by atoms with E-state index in [0.717, 1.165) is 0 Å². The van der Waals surface area contributed by atoms with Gasteiger partial charge in [0.25, 0.3) is 5.91 Å². The Labute approximate surface area is 93.2 Å². The van der Waals surface area contributed by atoms with Crippen LogP contribution in [0.4, 0.5) is 5.69 Å². The molecule has 1 amide bonds. The maximum atomic E-state index is 11.4. The van der Waals surface area contributed by atoms with Gasteiger partial charge in [-0.05, 0) is 0 Å². The second kappa shape index (κ2) is 4.02. The molecular weight excluding hydrogens is 210 g/mol. The second-order valence-electron chi connectivity index (χ2n) is 3.54. The van der Waals surface area contributed by atoms with Crippen molar-refractivity contribution in [2.24, 2.45) is 0 Å². The first kappa shape index (κ1) is 10.8. The molecule has 5 nitrogen and oxygen atoms in total. The Bertz CT molecular complexity index is 396. The molecular formula is C11H13NO4. The lowest BCUT2D eigenvalue weighted by Gasteiger charge is -2.35. The zero-order valence-corrected chi connectivity index (χ0v) is 9.14. The van der Waals surface area contributed by atoms with Crippen LogP contribution in [-0.4, -0.2) is 37.9 Å². The number of carbonyl (C=O) groups is 1. The molecule has 1 heterocycles. The van der Waals surface area contributed by atoms with Crippen molar-refractivity contribution in [3.05, 3.63) is 18.2 Å². The molecule has 1 atom stereocenters. The van der Waals surface area contributed by atoms with Crippen molar-refractivity contribution < 1.29 is 19.4 Å². The standard InChI is InChI=1S/C11H13NO4/c1-15-8-3-7(4-9(5-8)16-2)12-6-10(13)11(12)14/h3-5,10,13H,6H2,1-2H3. The molecule has 1 aromatic carbocycles. The number of ether oxygens (including phenoxy) is 2. The van der Waals surface area contributed by atoms with E-state index in [9.17, 15) is 4.79 Å². The molecule has 0 aromatic heterocycles. The SMILES string of the molecule is COc1cc(OC)cc(N2CC(O)C2=O)c1. The number of nitrogens with zero attached hydrogens (tertiary/aromatic N) is 1. The zero-order valence-electron chi connectivity index (χ0n) is 9.14. The molecule has 0 saturated carbocycles. The van der Waals surface area contributed by atoms with Crippen LogP contribution in [0.5, 0.6) is 11.5 Å². The monoisotopic (exact) mass is 223 g/mol. The first-order chi connectivity index (χ1) is 7.65. The van der Waals surface area contributed by atoms with Gasteiger partial charge < -0.3 is 19.5 Å². The van der Waals surface area contributed by atoms with Crippen molar-refractivity contribution in [2.45, 2.75) is 6.10 Å². The molecule has 1 aliphatic heterocycles. The van der Waals surface area contributed by atoms with Crippen LogP contribution in [0.3, 0.4) is 0 Å². The molecule has 86 valence electrons. The Hall–Kier alpha value is -1.75. The fourth-order valence-corrected chi connectivity index (χ4v) is 1.59. The Morgan fingerprint density at radius 3 is 2.19 bits per heavy atom. The van der Waals surface area contributed by atoms with Crippen molar-refractivity contribution in [1.82, 2.24) is 0 Å². The summed E-state index contributed by atoms with van der Waals surface area (Å²) in [5.41, 5.74) is 0.673. The van der Waals surface area contributed by atoms with E-state index in [0.29, 0.717) is 23.7 Å². The second-order valence-corrected chi connectivity index (χ2v) is 3.54. The number of hydrogen-bond acceptors (Lipinski definition) is 4. The third kappa shape index (κ3) is 1.69. The van der Waals surface area contributed by atoms with Crippen LogP contribution in [0.15, 0.2) is 18.2 Å². The lowest BCUT2D eigenvalue weighted by atomic mass is 10.1. The molecule has 0 radical (unpaired) electrons. The fourth-order valence-electron chi connectivity index (χ4n) is 1.59. The van der Waals surface area contributed by atoms with Gasteiger partial charge in [-0.2, -0.15) is 0 Å². The highest BCUT2D eigenvalue weighted by Crippen LogP contribution is 2.31. The summed E-state index contributed by atoms with van der Waals surface area (Å²) >= 11 is 0. The summed E-state index contributed by atoms with van der Waals surface area (Å²) in [5, 5.41) is 9.15. The van der Waals surface area contributed by atoms with Crippen molar-refractivity contribution >= 4 is 11.6 Å². The van der Waals surface area contributed by atoms with Crippen LogP contribution in [0.25, 0.3) is 0 Å². The van der Waals surface area contributed by atoms with E-state index in [-0.39, 0.29) is 5.91 Å². The average molecular weight is 223 g/mol. The van der Waals surface area contributed by atoms with Gasteiger partial charge in [0.2, 0.25) is 0 Å². The maximum Gasteiger partial charge on any atom is 0.257 e. The molecule has 0 spiro atoms. The summed E-state index contributed by atoms with van der Waals surface area (Å²) in [7, 11) is 3.09. The summed E-state index contributed by atoms with van der Waals surface area (Å²) in [6.07, 6.45) is -0.878. The van der Waals surface area contributed by atoms with Crippen molar-refractivity contribution in [1.29, 1.82) is 0 Å². The Morgan fingerprint density at radius 1 is 1.25 bits per heavy atom. The van der Waals surface area contributed by atoms with E-state index in [1.165, 1.54) is 4.90 Å². The van der Waals surface area contributed by atoms with Gasteiger partial charge >= 0.3 is 0 Å². The predicted octanol–water partition coefficient (Wildman–Crippen LogP) is 0.411. The molecule has 1 saturated heterocycles. The van der Waals surface area contributed by atoms with Gasteiger partial charge in [-0.1, -0.05) is 0 Å². The zero-order chi connectivity index (χ0) is 11.7. The number of β-amino-alcohol motifs (C(OH)–C–C–N with tert-alkyl or cyclic N) is 1. The van der Waals surface area contributed by atoms with Crippen LogP contribution in [0, 0.1) is 0 Å². The van der Waals surface area contributed by atoms with Gasteiger partial charge in [-0.25, -0.2) is 0 Å². The first-order valence-electron chi connectivity index (χ1n) is 4.88. The topological polar surface area (TPSA) is 59.0 Å². The number of aliphatic hydroxyl groups excluding tert-OH is 1. The number of β-lactam (4-membered cyclic amide) rings is 1. The Kier molecular flexibility index (Phi) is 2.70. The van der Waals surface area contributed by atoms with E-state index < -0.39 is 6.10 Å². The van der Waals surface area contributed by atoms with Crippen LogP contribution in [0.1, 0.15) is 0 Å². The number of amides is 1. The van der Waals surface area contributed by atoms with Crippen molar-refractivity contribution in [3.8, 4) is 11.5 Å². The molecule has 5 heteroatoms. The summed E-state index contributed by atoms with van der Waals surface area (Å²) in [4.78, 5) is 12.8. The number of hydrogen-bond donors (Lipinski definition) is 1. The third-order valence-corrected chi connectivity index (χ3v) is 2.55. The van der Waals surface area contributed by atoms with E-state index in [2.05, 4.69) is 0 Å². The van der Waals surface area contributed by atoms with Gasteiger partial charge in [0.15, 0.2) is 6.10 Å². The molecule has 2 rings (SSSR count). The fraction of sp³-hybridized carbons (Fsp3) is 0.364. The Balaban J connectivity index is 2.30. The van der Waals surface area contributed by atoms with E-state index >= 15 is 0 Å². The first-order valence-corrected chi connectivity index (χ1v) is 4.88. The normalized spacial score (nSPS) is 19.3. The molecule has 1 unspecified atom stereocenters. The minimum absolute atomic E-state index is 0.296. The van der Waals surface area contributed by atoms with E-state index in [1.807, 2.05) is 0 Å².